The first-order chi connectivity index (χ1) is 8.94. The summed E-state index contributed by atoms with van der Waals surface area (Å²) in [6.45, 7) is 5.39. The van der Waals surface area contributed by atoms with Crippen LogP contribution in [0.4, 0.5) is 4.79 Å². The zero-order valence-electron chi connectivity index (χ0n) is 11.3. The van der Waals surface area contributed by atoms with E-state index in [0.717, 1.165) is 16.5 Å². The topological polar surface area (TPSA) is 58.4 Å². The number of benzene rings is 1. The Kier molecular flexibility index (Phi) is 4.16. The molecule has 1 aromatic rings. The van der Waals surface area contributed by atoms with Crippen LogP contribution in [0.5, 0.6) is 0 Å². The van der Waals surface area contributed by atoms with E-state index >= 15 is 0 Å². The average molecular weight is 326 g/mol. The number of nitrogens with two attached hydrogens (primary N) is 1. The highest BCUT2D eigenvalue weighted by Crippen LogP contribution is 2.28. The van der Waals surface area contributed by atoms with Crippen molar-refractivity contribution in [3.63, 3.8) is 0 Å². The molecule has 0 saturated carbocycles. The Balaban J connectivity index is 2.13. The number of halogens is 1. The quantitative estimate of drug-likeness (QED) is 0.894. The van der Waals surface area contributed by atoms with Crippen molar-refractivity contribution in [3.8, 4) is 0 Å². The first-order valence-corrected chi connectivity index (χ1v) is 7.27. The molecule has 2 amide bonds. The van der Waals surface area contributed by atoms with Crippen molar-refractivity contribution in [1.29, 1.82) is 0 Å². The van der Waals surface area contributed by atoms with Gasteiger partial charge in [-0.05, 0) is 44.5 Å². The van der Waals surface area contributed by atoms with Crippen LogP contribution in [0.15, 0.2) is 28.7 Å². The number of nitrogens with zero attached hydrogens (tertiary/aromatic N) is 1. The number of amides is 2. The minimum absolute atomic E-state index is 0.00799. The third kappa shape index (κ3) is 3.09. The smallest absolute Gasteiger partial charge is 0.318 e. The first kappa shape index (κ1) is 14.3. The fourth-order valence-electron chi connectivity index (χ4n) is 2.43. The van der Waals surface area contributed by atoms with Gasteiger partial charge < -0.3 is 16.0 Å². The van der Waals surface area contributed by atoms with E-state index in [1.165, 1.54) is 0 Å². The molecular formula is C14H20BrN3O. The molecule has 0 bridgehead atoms. The molecule has 1 heterocycles. The van der Waals surface area contributed by atoms with Crippen LogP contribution in [0.3, 0.4) is 0 Å². The van der Waals surface area contributed by atoms with E-state index in [-0.39, 0.29) is 17.6 Å². The predicted molar refractivity (Wildman–Crippen MR) is 79.9 cm³/mol. The van der Waals surface area contributed by atoms with E-state index < -0.39 is 0 Å². The van der Waals surface area contributed by atoms with Crippen LogP contribution in [0, 0.1) is 0 Å². The standard InChI is InChI=1S/C14H20BrN3O/c1-14(2,7-8-16)18-9-12(17-13(18)19)10-3-5-11(15)6-4-10/h3-6,12H,7-9,16H2,1-2H3,(H,17,19). The summed E-state index contributed by atoms with van der Waals surface area (Å²) in [6, 6.07) is 8.11. The molecule has 5 heteroatoms. The molecule has 0 spiro atoms. The number of urea groups is 1. The lowest BCUT2D eigenvalue weighted by Gasteiger charge is -2.34. The van der Waals surface area contributed by atoms with Gasteiger partial charge in [0.2, 0.25) is 0 Å². The van der Waals surface area contributed by atoms with Gasteiger partial charge in [0.05, 0.1) is 6.04 Å². The van der Waals surface area contributed by atoms with Crippen LogP contribution in [0.2, 0.25) is 0 Å². The summed E-state index contributed by atoms with van der Waals surface area (Å²) in [6.07, 6.45) is 0.799. The summed E-state index contributed by atoms with van der Waals surface area (Å²) in [5, 5.41) is 3.04. The van der Waals surface area contributed by atoms with E-state index in [4.69, 9.17) is 5.73 Å². The lowest BCUT2D eigenvalue weighted by atomic mass is 9.98. The van der Waals surface area contributed by atoms with Crippen LogP contribution < -0.4 is 11.1 Å². The Bertz CT molecular complexity index is 458. The fourth-order valence-corrected chi connectivity index (χ4v) is 2.70. The molecule has 2 rings (SSSR count). The van der Waals surface area contributed by atoms with E-state index in [0.29, 0.717) is 13.1 Å². The van der Waals surface area contributed by atoms with E-state index in [2.05, 4.69) is 35.1 Å². The molecule has 1 atom stereocenters. The van der Waals surface area contributed by atoms with Gasteiger partial charge in [0.1, 0.15) is 0 Å². The Labute approximate surface area is 122 Å². The van der Waals surface area contributed by atoms with Crippen LogP contribution in [0.25, 0.3) is 0 Å². The van der Waals surface area contributed by atoms with Crippen molar-refractivity contribution in [1.82, 2.24) is 10.2 Å². The highest BCUT2D eigenvalue weighted by molar-refractivity contribution is 9.10. The fraction of sp³-hybridized carbons (Fsp3) is 0.500. The normalized spacial score (nSPS) is 19.7. The van der Waals surface area contributed by atoms with Gasteiger partial charge in [-0.3, -0.25) is 0 Å². The maximum Gasteiger partial charge on any atom is 0.318 e. The molecule has 0 radical (unpaired) electrons. The lowest BCUT2D eigenvalue weighted by molar-refractivity contribution is 0.153. The molecular weight excluding hydrogens is 306 g/mol. The number of hydrogen-bond donors (Lipinski definition) is 2. The highest BCUT2D eigenvalue weighted by Gasteiger charge is 2.38. The summed E-state index contributed by atoms with van der Waals surface area (Å²) >= 11 is 3.42. The Hall–Kier alpha value is -1.07. The third-order valence-corrected chi connectivity index (χ3v) is 4.20. The average Bonchev–Trinajstić information content (AvgIpc) is 2.73. The van der Waals surface area contributed by atoms with Gasteiger partial charge in [-0.25, -0.2) is 4.79 Å². The first-order valence-electron chi connectivity index (χ1n) is 6.48. The maximum atomic E-state index is 12.1. The Morgan fingerprint density at radius 1 is 1.42 bits per heavy atom. The second-order valence-electron chi connectivity index (χ2n) is 5.52. The van der Waals surface area contributed by atoms with Gasteiger partial charge in [0.25, 0.3) is 0 Å². The second-order valence-corrected chi connectivity index (χ2v) is 6.43. The minimum Gasteiger partial charge on any atom is -0.330 e. The molecule has 1 aromatic carbocycles. The van der Waals surface area contributed by atoms with Crippen molar-refractivity contribution < 1.29 is 4.79 Å². The van der Waals surface area contributed by atoms with Crippen molar-refractivity contribution in [2.75, 3.05) is 13.1 Å². The molecule has 0 aliphatic carbocycles. The zero-order valence-corrected chi connectivity index (χ0v) is 12.9. The van der Waals surface area contributed by atoms with Crippen LogP contribution >= 0.6 is 15.9 Å². The van der Waals surface area contributed by atoms with Crippen molar-refractivity contribution in [2.45, 2.75) is 31.8 Å². The molecule has 104 valence electrons. The van der Waals surface area contributed by atoms with Gasteiger partial charge in [-0.15, -0.1) is 0 Å². The van der Waals surface area contributed by atoms with E-state index in [9.17, 15) is 4.79 Å². The molecule has 0 aromatic heterocycles. The van der Waals surface area contributed by atoms with E-state index in [1.807, 2.05) is 29.2 Å². The number of hydrogen-bond acceptors (Lipinski definition) is 2. The number of nitrogens with one attached hydrogen (secondary N) is 1. The molecule has 1 saturated heterocycles. The monoisotopic (exact) mass is 325 g/mol. The van der Waals surface area contributed by atoms with Gasteiger partial charge in [-0.1, -0.05) is 28.1 Å². The van der Waals surface area contributed by atoms with Gasteiger partial charge in [0.15, 0.2) is 0 Å². The van der Waals surface area contributed by atoms with Crippen molar-refractivity contribution >= 4 is 22.0 Å². The van der Waals surface area contributed by atoms with Crippen molar-refractivity contribution in [3.05, 3.63) is 34.3 Å². The highest BCUT2D eigenvalue weighted by atomic mass is 79.9. The second kappa shape index (κ2) is 5.51. The third-order valence-electron chi connectivity index (χ3n) is 3.67. The van der Waals surface area contributed by atoms with Gasteiger partial charge >= 0.3 is 6.03 Å². The summed E-state index contributed by atoms with van der Waals surface area (Å²) in [7, 11) is 0. The molecule has 1 aliphatic rings. The molecule has 1 aliphatic heterocycles. The lowest BCUT2D eigenvalue weighted by Crippen LogP contribution is -2.46. The molecule has 1 fully saturated rings. The molecule has 19 heavy (non-hydrogen) atoms. The zero-order chi connectivity index (χ0) is 14.0. The molecule has 3 N–H and O–H groups in total. The maximum absolute atomic E-state index is 12.1. The van der Waals surface area contributed by atoms with Gasteiger partial charge in [0, 0.05) is 16.6 Å². The van der Waals surface area contributed by atoms with Crippen LogP contribution in [-0.4, -0.2) is 29.6 Å². The number of carbonyl (C=O) groups is 1. The summed E-state index contributed by atoms with van der Waals surface area (Å²) < 4.78 is 1.04. The molecule has 1 unspecified atom stereocenters. The summed E-state index contributed by atoms with van der Waals surface area (Å²) in [5.74, 6) is 0. The minimum atomic E-state index is -0.205. The molecule has 4 nitrogen and oxygen atoms in total. The Morgan fingerprint density at radius 3 is 2.63 bits per heavy atom. The SMILES string of the molecule is CC(C)(CCN)N1CC(c2ccc(Br)cc2)NC1=O. The predicted octanol–water partition coefficient (Wildman–Crippen LogP) is 2.64. The number of carbonyl (C=O) groups excluding carboxylic acids is 1. The van der Waals surface area contributed by atoms with Gasteiger partial charge in [-0.2, -0.15) is 0 Å². The largest absolute Gasteiger partial charge is 0.330 e. The van der Waals surface area contributed by atoms with Crippen LogP contribution in [-0.2, 0) is 0 Å². The summed E-state index contributed by atoms with van der Waals surface area (Å²) in [4.78, 5) is 14.0. The number of rotatable bonds is 4. The summed E-state index contributed by atoms with van der Waals surface area (Å²) in [5.41, 5.74) is 6.55. The van der Waals surface area contributed by atoms with Crippen LogP contribution in [0.1, 0.15) is 31.9 Å². The Morgan fingerprint density at radius 2 is 2.05 bits per heavy atom. The van der Waals surface area contributed by atoms with E-state index in [1.54, 1.807) is 0 Å². The van der Waals surface area contributed by atoms with Crippen molar-refractivity contribution in [2.24, 2.45) is 5.73 Å².